The summed E-state index contributed by atoms with van der Waals surface area (Å²) in [7, 11) is 1.79. The predicted molar refractivity (Wildman–Crippen MR) is 126 cm³/mol. The van der Waals surface area contributed by atoms with Gasteiger partial charge in [-0.05, 0) is 44.0 Å². The minimum Gasteiger partial charge on any atom is -0.461 e. The van der Waals surface area contributed by atoms with Crippen molar-refractivity contribution in [3.05, 3.63) is 24.2 Å². The van der Waals surface area contributed by atoms with Gasteiger partial charge in [0.1, 0.15) is 5.82 Å². The number of furan rings is 1. The number of likely N-dealkylation sites (tertiary alicyclic amines) is 1. The van der Waals surface area contributed by atoms with Gasteiger partial charge in [0.05, 0.1) is 12.8 Å². The zero-order chi connectivity index (χ0) is 19.8. The number of aromatic amines is 1. The van der Waals surface area contributed by atoms with Gasteiger partial charge in [0.25, 0.3) is 0 Å². The van der Waals surface area contributed by atoms with Crippen LogP contribution < -0.4 is 10.6 Å². The third kappa shape index (κ3) is 6.98. The number of aromatic nitrogens is 3. The number of hydrogen-bond acceptors (Lipinski definition) is 5. The normalized spacial score (nSPS) is 16.9. The summed E-state index contributed by atoms with van der Waals surface area (Å²) in [6, 6.07) is 4.17. The van der Waals surface area contributed by atoms with E-state index in [4.69, 9.17) is 4.42 Å². The number of halogens is 1. The molecule has 2 aromatic rings. The van der Waals surface area contributed by atoms with E-state index in [2.05, 4.69) is 49.6 Å². The minimum atomic E-state index is 0. The van der Waals surface area contributed by atoms with Crippen LogP contribution in [0.15, 0.2) is 27.8 Å². The Morgan fingerprint density at radius 3 is 2.62 bits per heavy atom. The first-order chi connectivity index (χ1) is 13.7. The van der Waals surface area contributed by atoms with E-state index in [1.165, 1.54) is 38.8 Å². The van der Waals surface area contributed by atoms with Gasteiger partial charge >= 0.3 is 0 Å². The summed E-state index contributed by atoms with van der Waals surface area (Å²) in [5.74, 6) is 3.32. The number of rotatable bonds is 7. The Morgan fingerprint density at radius 1 is 1.24 bits per heavy atom. The maximum atomic E-state index is 5.33. The van der Waals surface area contributed by atoms with Crippen LogP contribution in [0.25, 0.3) is 11.6 Å². The molecule has 0 bridgehead atoms. The molecule has 3 rings (SSSR count). The van der Waals surface area contributed by atoms with Crippen LogP contribution in [-0.4, -0.2) is 58.8 Å². The smallest absolute Gasteiger partial charge is 0.216 e. The van der Waals surface area contributed by atoms with Gasteiger partial charge in [-0.1, -0.05) is 26.7 Å². The Balaban J connectivity index is 0.00000300. The van der Waals surface area contributed by atoms with Crippen molar-refractivity contribution in [3.8, 4) is 11.6 Å². The van der Waals surface area contributed by atoms with Crippen molar-refractivity contribution in [2.75, 3.05) is 26.7 Å². The lowest BCUT2D eigenvalue weighted by molar-refractivity contribution is 0.161. The molecule has 3 N–H and O–H groups in total. The highest BCUT2D eigenvalue weighted by molar-refractivity contribution is 14.0. The Morgan fingerprint density at radius 2 is 2.00 bits per heavy atom. The van der Waals surface area contributed by atoms with Crippen LogP contribution >= 0.6 is 24.0 Å². The average molecular weight is 515 g/mol. The van der Waals surface area contributed by atoms with E-state index >= 15 is 0 Å². The van der Waals surface area contributed by atoms with Crippen molar-refractivity contribution >= 4 is 29.9 Å². The molecule has 0 saturated carbocycles. The molecule has 8 nitrogen and oxygen atoms in total. The van der Waals surface area contributed by atoms with Crippen molar-refractivity contribution in [3.63, 3.8) is 0 Å². The largest absolute Gasteiger partial charge is 0.461 e. The Labute approximate surface area is 190 Å². The topological polar surface area (TPSA) is 94.4 Å². The summed E-state index contributed by atoms with van der Waals surface area (Å²) in [5, 5.41) is 13.9. The van der Waals surface area contributed by atoms with Crippen LogP contribution in [0, 0.1) is 5.92 Å². The molecule has 1 atom stereocenters. The van der Waals surface area contributed by atoms with Crippen LogP contribution in [0.1, 0.15) is 45.4 Å². The lowest BCUT2D eigenvalue weighted by atomic mass is 10.0. The van der Waals surface area contributed by atoms with E-state index in [1.54, 1.807) is 13.3 Å². The monoisotopic (exact) mass is 515 g/mol. The Bertz CT molecular complexity index is 721. The first-order valence-electron chi connectivity index (χ1n) is 10.3. The van der Waals surface area contributed by atoms with Gasteiger partial charge in [0, 0.05) is 19.6 Å². The second kappa shape index (κ2) is 12.2. The molecule has 29 heavy (non-hydrogen) atoms. The number of H-pyrrole nitrogens is 1. The summed E-state index contributed by atoms with van der Waals surface area (Å²) in [6.07, 6.45) is 6.94. The van der Waals surface area contributed by atoms with Crippen molar-refractivity contribution in [1.82, 2.24) is 30.7 Å². The summed E-state index contributed by atoms with van der Waals surface area (Å²) in [4.78, 5) is 11.4. The molecule has 1 aliphatic rings. The average Bonchev–Trinajstić information content (AvgIpc) is 3.31. The summed E-state index contributed by atoms with van der Waals surface area (Å²) < 4.78 is 5.33. The van der Waals surface area contributed by atoms with Crippen LogP contribution in [0.5, 0.6) is 0 Å². The minimum absolute atomic E-state index is 0. The maximum absolute atomic E-state index is 5.33. The number of aliphatic imine (C=N–C) groups is 1. The Kier molecular flexibility index (Phi) is 9.92. The van der Waals surface area contributed by atoms with Gasteiger partial charge in [0.2, 0.25) is 5.82 Å². The second-order valence-corrected chi connectivity index (χ2v) is 7.65. The van der Waals surface area contributed by atoms with E-state index in [1.807, 2.05) is 12.1 Å². The first kappa shape index (κ1) is 23.7. The molecule has 1 unspecified atom stereocenters. The molecular formula is C20H34IN7O. The molecule has 0 amide bonds. The van der Waals surface area contributed by atoms with Crippen LogP contribution in [0.4, 0.5) is 0 Å². The number of nitrogens with one attached hydrogen (secondary N) is 3. The molecule has 1 aliphatic heterocycles. The molecule has 9 heteroatoms. The van der Waals surface area contributed by atoms with E-state index in [-0.39, 0.29) is 24.0 Å². The highest BCUT2D eigenvalue weighted by Gasteiger charge is 2.23. The zero-order valence-electron chi connectivity index (χ0n) is 17.6. The fourth-order valence-corrected chi connectivity index (χ4v) is 3.69. The Hall–Kier alpha value is -1.62. The highest BCUT2D eigenvalue weighted by Crippen LogP contribution is 2.17. The molecule has 162 valence electrons. The molecule has 1 saturated heterocycles. The molecule has 3 heterocycles. The molecule has 1 fully saturated rings. The summed E-state index contributed by atoms with van der Waals surface area (Å²) >= 11 is 0. The zero-order valence-corrected chi connectivity index (χ0v) is 20.0. The SMILES string of the molecule is CN=C(NCc1nc(-c2ccco2)n[nH]1)NCC(C(C)C)N1CCCCCC1.I. The van der Waals surface area contributed by atoms with Gasteiger partial charge in [-0.15, -0.1) is 29.1 Å². The molecule has 0 aromatic carbocycles. The molecular weight excluding hydrogens is 481 g/mol. The maximum Gasteiger partial charge on any atom is 0.216 e. The quantitative estimate of drug-likeness (QED) is 0.298. The lowest BCUT2D eigenvalue weighted by Crippen LogP contribution is -2.49. The van der Waals surface area contributed by atoms with Crippen molar-refractivity contribution in [2.24, 2.45) is 10.9 Å². The third-order valence-corrected chi connectivity index (χ3v) is 5.28. The number of guanidine groups is 1. The van der Waals surface area contributed by atoms with Crippen molar-refractivity contribution in [2.45, 2.75) is 52.1 Å². The number of nitrogens with zero attached hydrogens (tertiary/aromatic N) is 4. The third-order valence-electron chi connectivity index (χ3n) is 5.28. The molecule has 2 aromatic heterocycles. The van der Waals surface area contributed by atoms with Gasteiger partial charge in [-0.3, -0.25) is 15.0 Å². The molecule has 0 spiro atoms. The van der Waals surface area contributed by atoms with Gasteiger partial charge in [0.15, 0.2) is 11.7 Å². The first-order valence-corrected chi connectivity index (χ1v) is 10.3. The standard InChI is InChI=1S/C20H33N7O.HI/c1-15(2)16(27-10-6-4-5-7-11-27)13-22-20(21-3)23-14-18-24-19(26-25-18)17-9-8-12-28-17;/h8-9,12,15-16H,4-7,10-11,13-14H2,1-3H3,(H2,21,22,23)(H,24,25,26);1H. The molecule has 0 radical (unpaired) electrons. The van der Waals surface area contributed by atoms with Crippen molar-refractivity contribution < 1.29 is 4.42 Å². The lowest BCUT2D eigenvalue weighted by Gasteiger charge is -2.34. The van der Waals surface area contributed by atoms with E-state index in [0.29, 0.717) is 30.1 Å². The van der Waals surface area contributed by atoms with Crippen LogP contribution in [0.2, 0.25) is 0 Å². The summed E-state index contributed by atoms with van der Waals surface area (Å²) in [6.45, 7) is 8.40. The van der Waals surface area contributed by atoms with Gasteiger partial charge in [-0.25, -0.2) is 4.98 Å². The predicted octanol–water partition coefficient (Wildman–Crippen LogP) is 3.25. The fourth-order valence-electron chi connectivity index (χ4n) is 3.69. The van der Waals surface area contributed by atoms with Crippen LogP contribution in [-0.2, 0) is 6.54 Å². The fraction of sp³-hybridized carbons (Fsp3) is 0.650. The van der Waals surface area contributed by atoms with Crippen molar-refractivity contribution in [1.29, 1.82) is 0 Å². The number of hydrogen-bond donors (Lipinski definition) is 3. The second-order valence-electron chi connectivity index (χ2n) is 7.65. The van der Waals surface area contributed by atoms with E-state index in [0.717, 1.165) is 18.3 Å². The van der Waals surface area contributed by atoms with Gasteiger partial charge in [-0.2, -0.15) is 0 Å². The molecule has 0 aliphatic carbocycles. The van der Waals surface area contributed by atoms with Crippen LogP contribution in [0.3, 0.4) is 0 Å². The van der Waals surface area contributed by atoms with E-state index < -0.39 is 0 Å². The van der Waals surface area contributed by atoms with E-state index in [9.17, 15) is 0 Å². The summed E-state index contributed by atoms with van der Waals surface area (Å²) in [5.41, 5.74) is 0. The highest BCUT2D eigenvalue weighted by atomic mass is 127. The van der Waals surface area contributed by atoms with Gasteiger partial charge < -0.3 is 15.1 Å².